The molecule has 0 spiro atoms. The minimum atomic E-state index is 0.0939. The molecule has 1 unspecified atom stereocenters. The molecular formula is C12H14Br2ClNOS. The van der Waals surface area contributed by atoms with E-state index in [-0.39, 0.29) is 11.9 Å². The Kier molecular flexibility index (Phi) is 5.54. The molecule has 0 aromatic carbocycles. The van der Waals surface area contributed by atoms with Crippen LogP contribution in [-0.4, -0.2) is 29.3 Å². The van der Waals surface area contributed by atoms with E-state index < -0.39 is 0 Å². The van der Waals surface area contributed by atoms with E-state index in [9.17, 15) is 4.79 Å². The Labute approximate surface area is 133 Å². The zero-order valence-electron chi connectivity index (χ0n) is 9.79. The third-order valence-corrected chi connectivity index (χ3v) is 5.90. The van der Waals surface area contributed by atoms with E-state index in [4.69, 9.17) is 11.6 Å². The number of nitrogens with zero attached hydrogens (tertiary/aromatic N) is 1. The summed E-state index contributed by atoms with van der Waals surface area (Å²) in [6.07, 6.45) is 4.43. The van der Waals surface area contributed by atoms with Crippen molar-refractivity contribution in [2.75, 3.05) is 12.4 Å². The molecule has 1 fully saturated rings. The second-order valence-corrected chi connectivity index (χ2v) is 8.45. The van der Waals surface area contributed by atoms with Gasteiger partial charge in [0.1, 0.15) is 0 Å². The molecule has 0 saturated carbocycles. The fraction of sp³-hybridized carbons (Fsp3) is 0.583. The normalized spacial score (nSPS) is 20.8. The van der Waals surface area contributed by atoms with Gasteiger partial charge in [0.15, 0.2) is 0 Å². The predicted molar refractivity (Wildman–Crippen MR) is 83.7 cm³/mol. The molecule has 2 rings (SSSR count). The first kappa shape index (κ1) is 14.8. The van der Waals surface area contributed by atoms with Gasteiger partial charge < -0.3 is 4.90 Å². The smallest absolute Gasteiger partial charge is 0.256 e. The zero-order valence-corrected chi connectivity index (χ0v) is 14.5. The second-order valence-electron chi connectivity index (χ2n) is 4.39. The highest BCUT2D eigenvalue weighted by Gasteiger charge is 2.27. The van der Waals surface area contributed by atoms with Crippen molar-refractivity contribution in [2.24, 2.45) is 0 Å². The summed E-state index contributed by atoms with van der Waals surface area (Å²) in [6, 6.07) is 2.06. The predicted octanol–water partition coefficient (Wildman–Crippen LogP) is 4.90. The Bertz CT molecular complexity index is 438. The van der Waals surface area contributed by atoms with Gasteiger partial charge in [-0.05, 0) is 50.8 Å². The second kappa shape index (κ2) is 6.73. The summed E-state index contributed by atoms with van der Waals surface area (Å²) in [7, 11) is 0. The molecule has 1 amide bonds. The standard InChI is InChI=1S/C12H14Br2ClNOS/c13-10-6-9(11(14)18-10)12(17)16-5-3-1-2-4-8(16)7-15/h6,8H,1-5,7H2. The topological polar surface area (TPSA) is 20.3 Å². The first-order chi connectivity index (χ1) is 8.63. The summed E-state index contributed by atoms with van der Waals surface area (Å²) in [4.78, 5) is 14.5. The minimum absolute atomic E-state index is 0.0939. The fourth-order valence-electron chi connectivity index (χ4n) is 2.25. The van der Waals surface area contributed by atoms with Crippen molar-refractivity contribution in [1.29, 1.82) is 0 Å². The van der Waals surface area contributed by atoms with E-state index >= 15 is 0 Å². The van der Waals surface area contributed by atoms with Crippen LogP contribution >= 0.6 is 54.8 Å². The monoisotopic (exact) mass is 413 g/mol. The van der Waals surface area contributed by atoms with Crippen molar-refractivity contribution < 1.29 is 4.79 Å². The molecule has 1 aliphatic heterocycles. The number of hydrogen-bond acceptors (Lipinski definition) is 2. The maximum Gasteiger partial charge on any atom is 0.256 e. The van der Waals surface area contributed by atoms with E-state index in [1.807, 2.05) is 11.0 Å². The van der Waals surface area contributed by atoms with Gasteiger partial charge in [0, 0.05) is 18.5 Å². The largest absolute Gasteiger partial charge is 0.334 e. The van der Waals surface area contributed by atoms with E-state index in [0.717, 1.165) is 38.9 Å². The maximum absolute atomic E-state index is 12.6. The molecule has 0 radical (unpaired) electrons. The highest BCUT2D eigenvalue weighted by molar-refractivity contribution is 9.12. The van der Waals surface area contributed by atoms with Crippen molar-refractivity contribution in [1.82, 2.24) is 4.90 Å². The Hall–Kier alpha value is 0.420. The highest BCUT2D eigenvalue weighted by atomic mass is 79.9. The zero-order chi connectivity index (χ0) is 13.1. The van der Waals surface area contributed by atoms with Crippen molar-refractivity contribution in [3.8, 4) is 0 Å². The van der Waals surface area contributed by atoms with Crippen LogP contribution in [0.3, 0.4) is 0 Å². The molecule has 1 atom stereocenters. The van der Waals surface area contributed by atoms with Crippen LogP contribution in [0.25, 0.3) is 0 Å². The van der Waals surface area contributed by atoms with Crippen molar-refractivity contribution >= 4 is 60.7 Å². The number of halogens is 3. The van der Waals surface area contributed by atoms with Gasteiger partial charge in [0.05, 0.1) is 13.1 Å². The maximum atomic E-state index is 12.6. The Morgan fingerprint density at radius 1 is 1.44 bits per heavy atom. The van der Waals surface area contributed by atoms with Crippen molar-refractivity contribution in [2.45, 2.75) is 31.7 Å². The number of alkyl halides is 1. The number of rotatable bonds is 2. The quantitative estimate of drug-likeness (QED) is 0.630. The van der Waals surface area contributed by atoms with Gasteiger partial charge in [-0.1, -0.05) is 12.8 Å². The molecule has 0 aliphatic carbocycles. The molecule has 1 aromatic heterocycles. The Balaban J connectivity index is 2.22. The lowest BCUT2D eigenvalue weighted by molar-refractivity contribution is 0.0700. The Morgan fingerprint density at radius 3 is 2.83 bits per heavy atom. The summed E-state index contributed by atoms with van der Waals surface area (Å²) in [5.74, 6) is 0.616. The number of thiophene rings is 1. The van der Waals surface area contributed by atoms with Crippen LogP contribution in [0, 0.1) is 0 Å². The van der Waals surface area contributed by atoms with E-state index in [0.29, 0.717) is 5.88 Å². The van der Waals surface area contributed by atoms with Crippen LogP contribution in [-0.2, 0) is 0 Å². The van der Waals surface area contributed by atoms with Crippen LogP contribution in [0.5, 0.6) is 0 Å². The molecule has 1 aliphatic rings. The lowest BCUT2D eigenvalue weighted by Crippen LogP contribution is -2.41. The highest BCUT2D eigenvalue weighted by Crippen LogP contribution is 2.33. The summed E-state index contributed by atoms with van der Waals surface area (Å²) in [5, 5.41) is 0. The molecule has 18 heavy (non-hydrogen) atoms. The van der Waals surface area contributed by atoms with E-state index in [1.54, 1.807) is 0 Å². The van der Waals surface area contributed by atoms with Gasteiger partial charge in [0.25, 0.3) is 5.91 Å². The van der Waals surface area contributed by atoms with Crippen molar-refractivity contribution in [3.05, 3.63) is 19.2 Å². The van der Waals surface area contributed by atoms with Crippen LogP contribution in [0.1, 0.15) is 36.0 Å². The number of hydrogen-bond donors (Lipinski definition) is 0. The first-order valence-corrected chi connectivity index (χ1v) is 8.89. The molecule has 6 heteroatoms. The van der Waals surface area contributed by atoms with Crippen LogP contribution in [0.15, 0.2) is 13.6 Å². The molecule has 0 N–H and O–H groups in total. The van der Waals surface area contributed by atoms with Gasteiger partial charge in [-0.2, -0.15) is 0 Å². The van der Waals surface area contributed by atoms with Gasteiger partial charge in [0.2, 0.25) is 0 Å². The average Bonchev–Trinajstić information content (AvgIpc) is 2.56. The number of carbonyl (C=O) groups excluding carboxylic acids is 1. The van der Waals surface area contributed by atoms with Crippen molar-refractivity contribution in [3.63, 3.8) is 0 Å². The third kappa shape index (κ3) is 3.30. The molecule has 2 heterocycles. The molecule has 1 aromatic rings. The van der Waals surface area contributed by atoms with E-state index in [1.165, 1.54) is 17.8 Å². The average molecular weight is 416 g/mol. The molecule has 100 valence electrons. The van der Waals surface area contributed by atoms with Gasteiger partial charge in [-0.3, -0.25) is 4.79 Å². The lowest BCUT2D eigenvalue weighted by atomic mass is 10.1. The van der Waals surface area contributed by atoms with Crippen LogP contribution in [0.2, 0.25) is 0 Å². The third-order valence-electron chi connectivity index (χ3n) is 3.20. The minimum Gasteiger partial charge on any atom is -0.334 e. The fourth-order valence-corrected chi connectivity index (χ4v) is 5.34. The first-order valence-electron chi connectivity index (χ1n) is 5.95. The molecule has 2 nitrogen and oxygen atoms in total. The summed E-state index contributed by atoms with van der Waals surface area (Å²) < 4.78 is 1.85. The van der Waals surface area contributed by atoms with Crippen LogP contribution in [0.4, 0.5) is 0 Å². The van der Waals surface area contributed by atoms with Gasteiger partial charge >= 0.3 is 0 Å². The van der Waals surface area contributed by atoms with Gasteiger partial charge in [-0.15, -0.1) is 22.9 Å². The molecule has 1 saturated heterocycles. The van der Waals surface area contributed by atoms with E-state index in [2.05, 4.69) is 31.9 Å². The number of likely N-dealkylation sites (tertiary alicyclic amines) is 1. The number of carbonyl (C=O) groups is 1. The number of amides is 1. The summed E-state index contributed by atoms with van der Waals surface area (Å²) in [5.41, 5.74) is 0.740. The Morgan fingerprint density at radius 2 is 2.22 bits per heavy atom. The van der Waals surface area contributed by atoms with Gasteiger partial charge in [-0.25, -0.2) is 0 Å². The summed E-state index contributed by atoms with van der Waals surface area (Å²) in [6.45, 7) is 0.816. The molecule has 0 bridgehead atoms. The SMILES string of the molecule is O=C(c1cc(Br)sc1Br)N1CCCCCC1CCl. The lowest BCUT2D eigenvalue weighted by Gasteiger charge is -2.28. The molecular weight excluding hydrogens is 401 g/mol. The van der Waals surface area contributed by atoms with Crippen LogP contribution < -0.4 is 0 Å². The summed E-state index contributed by atoms with van der Waals surface area (Å²) >= 11 is 14.4.